The molecule has 0 fully saturated rings. The Morgan fingerprint density at radius 1 is 1.60 bits per heavy atom. The number of esters is 1. The lowest BCUT2D eigenvalue weighted by atomic mass is 10.0. The minimum Gasteiger partial charge on any atom is -0.462 e. The number of rotatable bonds is 2. The number of ether oxygens (including phenoxy) is 1. The van der Waals surface area contributed by atoms with E-state index < -0.39 is 11.8 Å². The maximum Gasteiger partial charge on any atom is 0.339 e. The first-order valence-corrected chi connectivity index (χ1v) is 4.48. The molecule has 0 heterocycles. The van der Waals surface area contributed by atoms with Crippen LogP contribution in [0, 0.1) is 24.1 Å². The standard InChI is InChI=1S/C11H10FNO2/c1-3-15-11(14)10-7(2)9(12)5-4-8(10)6-13/h4-5H,3H2,1-2H3. The SMILES string of the molecule is CCOC(=O)c1c(C#N)ccc(F)c1C. The first-order chi connectivity index (χ1) is 7.11. The fourth-order valence-electron chi connectivity index (χ4n) is 1.25. The van der Waals surface area contributed by atoms with E-state index in [1.165, 1.54) is 13.0 Å². The van der Waals surface area contributed by atoms with Crippen LogP contribution < -0.4 is 0 Å². The van der Waals surface area contributed by atoms with Crippen LogP contribution in [0.1, 0.15) is 28.4 Å². The predicted molar refractivity (Wildman–Crippen MR) is 51.8 cm³/mol. The zero-order valence-electron chi connectivity index (χ0n) is 8.50. The van der Waals surface area contributed by atoms with Crippen LogP contribution in [0.5, 0.6) is 0 Å². The van der Waals surface area contributed by atoms with Gasteiger partial charge in [0.2, 0.25) is 0 Å². The molecule has 0 atom stereocenters. The Morgan fingerprint density at radius 3 is 2.80 bits per heavy atom. The van der Waals surface area contributed by atoms with Crippen molar-refractivity contribution in [2.24, 2.45) is 0 Å². The number of nitrogens with zero attached hydrogens (tertiary/aromatic N) is 1. The van der Waals surface area contributed by atoms with Crippen molar-refractivity contribution < 1.29 is 13.9 Å². The molecule has 0 N–H and O–H groups in total. The van der Waals surface area contributed by atoms with Crippen molar-refractivity contribution in [3.8, 4) is 6.07 Å². The number of carbonyl (C=O) groups is 1. The van der Waals surface area contributed by atoms with Gasteiger partial charge < -0.3 is 4.74 Å². The Balaban J connectivity index is 3.31. The van der Waals surface area contributed by atoms with Crippen molar-refractivity contribution >= 4 is 5.97 Å². The van der Waals surface area contributed by atoms with E-state index >= 15 is 0 Å². The Kier molecular flexibility index (Phi) is 3.40. The minimum atomic E-state index is -0.661. The van der Waals surface area contributed by atoms with Gasteiger partial charge in [-0.15, -0.1) is 0 Å². The fourth-order valence-corrected chi connectivity index (χ4v) is 1.25. The molecule has 1 aromatic rings. The summed E-state index contributed by atoms with van der Waals surface area (Å²) in [7, 11) is 0. The number of hydrogen-bond donors (Lipinski definition) is 0. The number of halogens is 1. The van der Waals surface area contributed by atoms with E-state index in [-0.39, 0.29) is 23.3 Å². The van der Waals surface area contributed by atoms with Gasteiger partial charge >= 0.3 is 5.97 Å². The lowest BCUT2D eigenvalue weighted by Gasteiger charge is -2.07. The zero-order valence-corrected chi connectivity index (χ0v) is 8.50. The van der Waals surface area contributed by atoms with Gasteiger partial charge in [0.05, 0.1) is 17.7 Å². The third kappa shape index (κ3) is 2.13. The van der Waals surface area contributed by atoms with Gasteiger partial charge in [0, 0.05) is 5.56 Å². The van der Waals surface area contributed by atoms with E-state index in [9.17, 15) is 9.18 Å². The number of carbonyl (C=O) groups excluding carboxylic acids is 1. The van der Waals surface area contributed by atoms with Crippen LogP contribution >= 0.6 is 0 Å². The Bertz CT molecular complexity index is 435. The largest absolute Gasteiger partial charge is 0.462 e. The third-order valence-corrected chi connectivity index (χ3v) is 2.00. The molecule has 4 heteroatoms. The highest BCUT2D eigenvalue weighted by Crippen LogP contribution is 2.18. The number of hydrogen-bond acceptors (Lipinski definition) is 3. The lowest BCUT2D eigenvalue weighted by Crippen LogP contribution is -2.10. The van der Waals surface area contributed by atoms with Crippen LogP contribution in [0.25, 0.3) is 0 Å². The van der Waals surface area contributed by atoms with Gasteiger partial charge in [-0.3, -0.25) is 0 Å². The maximum atomic E-state index is 13.2. The summed E-state index contributed by atoms with van der Waals surface area (Å²) < 4.78 is 17.9. The molecule has 78 valence electrons. The molecular formula is C11H10FNO2. The van der Waals surface area contributed by atoms with E-state index in [0.29, 0.717) is 0 Å². The molecule has 0 amide bonds. The third-order valence-electron chi connectivity index (χ3n) is 2.00. The maximum absolute atomic E-state index is 13.2. The smallest absolute Gasteiger partial charge is 0.339 e. The zero-order chi connectivity index (χ0) is 11.4. The summed E-state index contributed by atoms with van der Waals surface area (Å²) in [6.07, 6.45) is 0. The second-order valence-corrected chi connectivity index (χ2v) is 2.93. The summed E-state index contributed by atoms with van der Waals surface area (Å²) in [5.41, 5.74) is 0.291. The van der Waals surface area contributed by atoms with Crippen molar-refractivity contribution in [2.45, 2.75) is 13.8 Å². The van der Waals surface area contributed by atoms with Gasteiger partial charge in [0.15, 0.2) is 0 Å². The van der Waals surface area contributed by atoms with E-state index in [2.05, 4.69) is 0 Å². The van der Waals surface area contributed by atoms with Crippen molar-refractivity contribution in [3.63, 3.8) is 0 Å². The van der Waals surface area contributed by atoms with Crippen LogP contribution in [0.4, 0.5) is 4.39 Å². The van der Waals surface area contributed by atoms with Crippen molar-refractivity contribution in [1.82, 2.24) is 0 Å². The summed E-state index contributed by atoms with van der Waals surface area (Å²) in [6, 6.07) is 4.27. The molecule has 0 radical (unpaired) electrons. The van der Waals surface area contributed by atoms with Crippen LogP contribution in [-0.2, 0) is 4.74 Å². The predicted octanol–water partition coefficient (Wildman–Crippen LogP) is 2.18. The van der Waals surface area contributed by atoms with Crippen LogP contribution in [-0.4, -0.2) is 12.6 Å². The molecule has 1 aromatic carbocycles. The summed E-state index contributed by atoms with van der Waals surface area (Å²) in [6.45, 7) is 3.29. The molecule has 0 unspecified atom stereocenters. The molecule has 15 heavy (non-hydrogen) atoms. The average molecular weight is 207 g/mol. The molecular weight excluding hydrogens is 197 g/mol. The summed E-state index contributed by atoms with van der Waals surface area (Å²) in [4.78, 5) is 11.5. The summed E-state index contributed by atoms with van der Waals surface area (Å²) >= 11 is 0. The highest BCUT2D eigenvalue weighted by molar-refractivity contribution is 5.93. The van der Waals surface area contributed by atoms with Gasteiger partial charge in [0.25, 0.3) is 0 Å². The Hall–Kier alpha value is -1.89. The second-order valence-electron chi connectivity index (χ2n) is 2.93. The monoisotopic (exact) mass is 207 g/mol. The summed E-state index contributed by atoms with van der Waals surface area (Å²) in [5, 5.41) is 8.77. The van der Waals surface area contributed by atoms with Crippen LogP contribution in [0.3, 0.4) is 0 Å². The molecule has 0 aliphatic carbocycles. The van der Waals surface area contributed by atoms with Gasteiger partial charge in [-0.25, -0.2) is 9.18 Å². The van der Waals surface area contributed by atoms with Gasteiger partial charge in [-0.05, 0) is 26.0 Å². The molecule has 0 bridgehead atoms. The first-order valence-electron chi connectivity index (χ1n) is 4.48. The van der Waals surface area contributed by atoms with Crippen LogP contribution in [0.2, 0.25) is 0 Å². The van der Waals surface area contributed by atoms with Crippen molar-refractivity contribution in [3.05, 3.63) is 34.6 Å². The molecule has 3 nitrogen and oxygen atoms in total. The number of nitriles is 1. The van der Waals surface area contributed by atoms with E-state index in [4.69, 9.17) is 10.00 Å². The quantitative estimate of drug-likeness (QED) is 0.698. The highest BCUT2D eigenvalue weighted by Gasteiger charge is 2.17. The fraction of sp³-hybridized carbons (Fsp3) is 0.273. The lowest BCUT2D eigenvalue weighted by molar-refractivity contribution is 0.0524. The molecule has 0 saturated heterocycles. The van der Waals surface area contributed by atoms with Gasteiger partial charge in [-0.2, -0.15) is 5.26 Å². The summed E-state index contributed by atoms with van der Waals surface area (Å²) in [5.74, 6) is -1.18. The average Bonchev–Trinajstić information content (AvgIpc) is 2.22. The Morgan fingerprint density at radius 2 is 2.27 bits per heavy atom. The van der Waals surface area contributed by atoms with E-state index in [0.717, 1.165) is 6.07 Å². The van der Waals surface area contributed by atoms with E-state index in [1.807, 2.05) is 6.07 Å². The Labute approximate surface area is 87.1 Å². The van der Waals surface area contributed by atoms with Crippen LogP contribution in [0.15, 0.2) is 12.1 Å². The molecule has 0 aliphatic heterocycles. The molecule has 0 spiro atoms. The molecule has 0 aliphatic rings. The van der Waals surface area contributed by atoms with Crippen molar-refractivity contribution in [2.75, 3.05) is 6.61 Å². The molecule has 0 saturated carbocycles. The van der Waals surface area contributed by atoms with Crippen molar-refractivity contribution in [1.29, 1.82) is 5.26 Å². The topological polar surface area (TPSA) is 50.1 Å². The molecule has 0 aromatic heterocycles. The first kappa shape index (κ1) is 11.2. The minimum absolute atomic E-state index is 0.0133. The second kappa shape index (κ2) is 4.56. The number of benzene rings is 1. The van der Waals surface area contributed by atoms with Gasteiger partial charge in [-0.1, -0.05) is 0 Å². The highest BCUT2D eigenvalue weighted by atomic mass is 19.1. The normalized spacial score (nSPS) is 9.47. The van der Waals surface area contributed by atoms with Gasteiger partial charge in [0.1, 0.15) is 11.9 Å². The van der Waals surface area contributed by atoms with E-state index in [1.54, 1.807) is 6.92 Å². The molecule has 1 rings (SSSR count).